The first-order chi connectivity index (χ1) is 12.6. The molecule has 8 nitrogen and oxygen atoms in total. The van der Waals surface area contributed by atoms with Gasteiger partial charge in [0.05, 0.1) is 32.5 Å². The quantitative estimate of drug-likeness (QED) is 0.737. The van der Waals surface area contributed by atoms with E-state index in [9.17, 15) is 4.79 Å². The van der Waals surface area contributed by atoms with Crippen LogP contribution in [0.2, 0.25) is 5.02 Å². The first kappa shape index (κ1) is 18.2. The van der Waals surface area contributed by atoms with Crippen LogP contribution in [0.3, 0.4) is 0 Å². The Morgan fingerprint density at radius 2 is 2.23 bits per heavy atom. The number of aromatic nitrogens is 2. The Morgan fingerprint density at radius 1 is 1.38 bits per heavy atom. The van der Waals surface area contributed by atoms with E-state index >= 15 is 0 Å². The number of carbonyl (C=O) groups excluding carboxylic acids is 1. The number of halogens is 1. The lowest BCUT2D eigenvalue weighted by molar-refractivity contribution is -0.135. The fourth-order valence-electron chi connectivity index (χ4n) is 2.70. The Kier molecular flexibility index (Phi) is 5.75. The molecule has 9 heteroatoms. The fraction of sp³-hybridized carbons (Fsp3) is 0.353. The molecule has 0 saturated carbocycles. The van der Waals surface area contributed by atoms with E-state index in [1.54, 1.807) is 23.1 Å². The Labute approximate surface area is 155 Å². The number of benzene rings is 1. The SMILES string of the molecule is COc1cc(C=CC(=O)N2CCOCC2c2ncon2)cc(Cl)c1OC. The van der Waals surface area contributed by atoms with E-state index in [4.69, 9.17) is 30.3 Å². The molecule has 1 aliphatic rings. The lowest BCUT2D eigenvalue weighted by Crippen LogP contribution is -2.43. The topological polar surface area (TPSA) is 86.9 Å². The van der Waals surface area contributed by atoms with Gasteiger partial charge in [-0.2, -0.15) is 4.98 Å². The van der Waals surface area contributed by atoms with Gasteiger partial charge in [-0.15, -0.1) is 0 Å². The van der Waals surface area contributed by atoms with Gasteiger partial charge in [-0.25, -0.2) is 0 Å². The summed E-state index contributed by atoms with van der Waals surface area (Å²) in [5.41, 5.74) is 0.713. The summed E-state index contributed by atoms with van der Waals surface area (Å²) < 4.78 is 20.7. The standard InChI is InChI=1S/C17H18ClN3O5/c1-23-14-8-11(7-12(18)16(14)24-2)3-4-15(22)21-5-6-25-9-13(21)17-19-10-26-20-17/h3-4,7-8,10,13H,5-6,9H2,1-2H3. The van der Waals surface area contributed by atoms with E-state index in [0.29, 0.717) is 47.7 Å². The number of morpholine rings is 1. The monoisotopic (exact) mass is 379 g/mol. The molecular formula is C17H18ClN3O5. The molecule has 1 fully saturated rings. The molecule has 0 aliphatic carbocycles. The van der Waals surface area contributed by atoms with E-state index in [1.165, 1.54) is 26.7 Å². The van der Waals surface area contributed by atoms with Crippen LogP contribution in [0.4, 0.5) is 0 Å². The molecule has 2 heterocycles. The minimum atomic E-state index is -0.381. The lowest BCUT2D eigenvalue weighted by Gasteiger charge is -2.32. The molecular weight excluding hydrogens is 362 g/mol. The van der Waals surface area contributed by atoms with Gasteiger partial charge in [-0.3, -0.25) is 4.79 Å². The smallest absolute Gasteiger partial charge is 0.247 e. The molecule has 1 aliphatic heterocycles. The van der Waals surface area contributed by atoms with Crippen molar-refractivity contribution in [1.29, 1.82) is 0 Å². The second-order valence-electron chi connectivity index (χ2n) is 5.48. The molecule has 3 rings (SSSR count). The minimum absolute atomic E-state index is 0.186. The molecule has 1 saturated heterocycles. The van der Waals surface area contributed by atoms with Crippen molar-refractivity contribution in [2.24, 2.45) is 0 Å². The van der Waals surface area contributed by atoms with Gasteiger partial charge in [0.25, 0.3) is 0 Å². The highest BCUT2D eigenvalue weighted by Gasteiger charge is 2.30. The summed E-state index contributed by atoms with van der Waals surface area (Å²) in [4.78, 5) is 18.3. The highest BCUT2D eigenvalue weighted by molar-refractivity contribution is 6.32. The molecule has 26 heavy (non-hydrogen) atoms. The number of nitrogens with zero attached hydrogens (tertiary/aromatic N) is 3. The minimum Gasteiger partial charge on any atom is -0.493 e. The summed E-state index contributed by atoms with van der Waals surface area (Å²) in [6, 6.07) is 3.06. The van der Waals surface area contributed by atoms with Crippen molar-refractivity contribution < 1.29 is 23.5 Å². The summed E-state index contributed by atoms with van der Waals surface area (Å²) in [6.45, 7) is 1.21. The zero-order valence-corrected chi connectivity index (χ0v) is 15.1. The van der Waals surface area contributed by atoms with Gasteiger partial charge in [0, 0.05) is 12.6 Å². The third-order valence-corrected chi connectivity index (χ3v) is 4.24. The molecule has 1 atom stereocenters. The van der Waals surface area contributed by atoms with Crippen molar-refractivity contribution in [2.75, 3.05) is 34.0 Å². The number of methoxy groups -OCH3 is 2. The van der Waals surface area contributed by atoms with Crippen LogP contribution in [0.1, 0.15) is 17.4 Å². The van der Waals surface area contributed by atoms with Crippen molar-refractivity contribution in [3.8, 4) is 11.5 Å². The largest absolute Gasteiger partial charge is 0.493 e. The van der Waals surface area contributed by atoms with Crippen LogP contribution in [-0.2, 0) is 9.53 Å². The molecule has 1 aromatic heterocycles. The van der Waals surface area contributed by atoms with Crippen molar-refractivity contribution in [2.45, 2.75) is 6.04 Å². The molecule has 1 aromatic carbocycles. The van der Waals surface area contributed by atoms with Crippen LogP contribution >= 0.6 is 11.6 Å². The maximum absolute atomic E-state index is 12.6. The number of hydrogen-bond donors (Lipinski definition) is 0. The normalized spacial score (nSPS) is 17.5. The van der Waals surface area contributed by atoms with Crippen LogP contribution in [0.25, 0.3) is 6.08 Å². The summed E-state index contributed by atoms with van der Waals surface area (Å²) in [5, 5.41) is 4.21. The second-order valence-corrected chi connectivity index (χ2v) is 5.89. The van der Waals surface area contributed by atoms with Crippen molar-refractivity contribution >= 4 is 23.6 Å². The van der Waals surface area contributed by atoms with Crippen LogP contribution in [0, 0.1) is 0 Å². The maximum atomic E-state index is 12.6. The predicted molar refractivity (Wildman–Crippen MR) is 93.2 cm³/mol. The molecule has 2 aromatic rings. The van der Waals surface area contributed by atoms with Gasteiger partial charge < -0.3 is 23.6 Å². The second kappa shape index (κ2) is 8.20. The third kappa shape index (κ3) is 3.81. The Bertz CT molecular complexity index is 794. The van der Waals surface area contributed by atoms with Gasteiger partial charge in [0.2, 0.25) is 12.3 Å². The lowest BCUT2D eigenvalue weighted by atomic mass is 10.1. The summed E-state index contributed by atoms with van der Waals surface area (Å²) in [7, 11) is 3.04. The first-order valence-electron chi connectivity index (χ1n) is 7.88. The molecule has 0 bridgehead atoms. The Balaban J connectivity index is 1.79. The van der Waals surface area contributed by atoms with E-state index in [2.05, 4.69) is 10.1 Å². The third-order valence-electron chi connectivity index (χ3n) is 3.96. The predicted octanol–water partition coefficient (Wildman–Crippen LogP) is 2.35. The van der Waals surface area contributed by atoms with Crippen LogP contribution in [0.5, 0.6) is 11.5 Å². The summed E-state index contributed by atoms with van der Waals surface area (Å²) in [5.74, 6) is 1.17. The zero-order chi connectivity index (χ0) is 18.5. The van der Waals surface area contributed by atoms with E-state index in [-0.39, 0.29) is 11.9 Å². The highest BCUT2D eigenvalue weighted by Crippen LogP contribution is 2.36. The van der Waals surface area contributed by atoms with Crippen molar-refractivity contribution in [3.63, 3.8) is 0 Å². The number of hydrogen-bond acceptors (Lipinski definition) is 7. The van der Waals surface area contributed by atoms with Crippen LogP contribution < -0.4 is 9.47 Å². The summed E-state index contributed by atoms with van der Waals surface area (Å²) >= 11 is 6.19. The molecule has 138 valence electrons. The maximum Gasteiger partial charge on any atom is 0.247 e. The number of carbonyl (C=O) groups is 1. The van der Waals surface area contributed by atoms with Gasteiger partial charge in [-0.1, -0.05) is 16.8 Å². The average molecular weight is 380 g/mol. The van der Waals surface area contributed by atoms with E-state index in [0.717, 1.165) is 0 Å². The van der Waals surface area contributed by atoms with E-state index in [1.807, 2.05) is 0 Å². The molecule has 0 spiro atoms. The zero-order valence-electron chi connectivity index (χ0n) is 14.3. The first-order valence-corrected chi connectivity index (χ1v) is 8.26. The molecule has 1 amide bonds. The highest BCUT2D eigenvalue weighted by atomic mass is 35.5. The van der Waals surface area contributed by atoms with Gasteiger partial charge >= 0.3 is 0 Å². The molecule has 1 unspecified atom stereocenters. The molecule has 0 radical (unpaired) electrons. The molecule has 0 N–H and O–H groups in total. The van der Waals surface area contributed by atoms with Gasteiger partial charge in [0.1, 0.15) is 6.04 Å². The van der Waals surface area contributed by atoms with Crippen LogP contribution in [0.15, 0.2) is 29.1 Å². The van der Waals surface area contributed by atoms with Crippen molar-refractivity contribution in [1.82, 2.24) is 15.0 Å². The number of amides is 1. The number of ether oxygens (including phenoxy) is 3. The van der Waals surface area contributed by atoms with Gasteiger partial charge in [-0.05, 0) is 23.8 Å². The summed E-state index contributed by atoms with van der Waals surface area (Å²) in [6.07, 6.45) is 4.36. The van der Waals surface area contributed by atoms with Crippen molar-refractivity contribution in [3.05, 3.63) is 41.0 Å². The Morgan fingerprint density at radius 3 is 2.92 bits per heavy atom. The van der Waals surface area contributed by atoms with E-state index < -0.39 is 0 Å². The Hall–Kier alpha value is -2.58. The van der Waals surface area contributed by atoms with Crippen LogP contribution in [-0.4, -0.2) is 54.9 Å². The average Bonchev–Trinajstić information content (AvgIpc) is 3.20. The fourth-order valence-corrected chi connectivity index (χ4v) is 3.00. The number of rotatable bonds is 5. The van der Waals surface area contributed by atoms with Gasteiger partial charge in [0.15, 0.2) is 17.3 Å².